The molecule has 3 rings (SSSR count). The molecule has 0 aliphatic carbocycles. The minimum Gasteiger partial charge on any atom is -0.387 e. The van der Waals surface area contributed by atoms with Crippen molar-refractivity contribution >= 4 is 23.2 Å². The molecule has 2 fully saturated rings. The lowest BCUT2D eigenvalue weighted by Crippen LogP contribution is -2.37. The van der Waals surface area contributed by atoms with E-state index in [0.29, 0.717) is 22.0 Å². The third-order valence-electron chi connectivity index (χ3n) is 4.20. The Morgan fingerprint density at radius 1 is 1.42 bits per heavy atom. The number of aliphatic hydroxyl groups excluding tert-OH is 1. The minimum absolute atomic E-state index is 0.0808. The van der Waals surface area contributed by atoms with Gasteiger partial charge in [-0.1, -0.05) is 23.2 Å². The van der Waals surface area contributed by atoms with E-state index in [1.807, 2.05) is 0 Å². The zero-order valence-electron chi connectivity index (χ0n) is 10.1. The minimum atomic E-state index is -0.973. The molecule has 19 heavy (non-hydrogen) atoms. The van der Waals surface area contributed by atoms with Gasteiger partial charge in [0.05, 0.1) is 18.3 Å². The van der Waals surface area contributed by atoms with Crippen molar-refractivity contribution in [3.8, 4) is 6.07 Å². The molecule has 0 radical (unpaired) electrons. The van der Waals surface area contributed by atoms with E-state index >= 15 is 0 Å². The molecule has 3 nitrogen and oxygen atoms in total. The lowest BCUT2D eigenvalue weighted by Gasteiger charge is -2.33. The molecule has 5 heteroatoms. The lowest BCUT2D eigenvalue weighted by atomic mass is 9.69. The summed E-state index contributed by atoms with van der Waals surface area (Å²) in [6, 6.07) is 7.21. The third kappa shape index (κ3) is 1.95. The Bertz CT molecular complexity index is 557. The summed E-state index contributed by atoms with van der Waals surface area (Å²) in [6.45, 7) is 0. The fourth-order valence-electron chi connectivity index (χ4n) is 3.21. The molecule has 2 aliphatic rings. The fourth-order valence-corrected chi connectivity index (χ4v) is 3.61. The maximum atomic E-state index is 10.7. The summed E-state index contributed by atoms with van der Waals surface area (Å²) < 4.78 is 5.73. The molecule has 2 heterocycles. The Morgan fingerprint density at radius 3 is 2.79 bits per heavy atom. The van der Waals surface area contributed by atoms with Crippen LogP contribution in [0.15, 0.2) is 18.2 Å². The highest BCUT2D eigenvalue weighted by molar-refractivity contribution is 6.33. The summed E-state index contributed by atoms with van der Waals surface area (Å²) >= 11 is 12.1. The number of hydrogen-bond donors (Lipinski definition) is 1. The van der Waals surface area contributed by atoms with Gasteiger partial charge in [0, 0.05) is 15.6 Å². The average Bonchev–Trinajstić information content (AvgIpc) is 3.01. The fraction of sp³-hybridized carbons (Fsp3) is 0.500. The summed E-state index contributed by atoms with van der Waals surface area (Å²) in [7, 11) is 0. The van der Waals surface area contributed by atoms with Crippen LogP contribution in [0.3, 0.4) is 0 Å². The number of fused-ring (bicyclic) bond motifs is 2. The molecular formula is C14H13Cl2NO2. The summed E-state index contributed by atoms with van der Waals surface area (Å²) in [5, 5.41) is 21.1. The van der Waals surface area contributed by atoms with E-state index in [1.54, 1.807) is 18.2 Å². The van der Waals surface area contributed by atoms with Gasteiger partial charge in [-0.2, -0.15) is 5.26 Å². The topological polar surface area (TPSA) is 53.2 Å². The molecule has 0 saturated carbocycles. The van der Waals surface area contributed by atoms with Crippen LogP contribution < -0.4 is 0 Å². The number of nitriles is 1. The second-order valence-electron chi connectivity index (χ2n) is 5.25. The molecule has 4 atom stereocenters. The van der Waals surface area contributed by atoms with E-state index in [-0.39, 0.29) is 12.2 Å². The quantitative estimate of drug-likeness (QED) is 0.909. The van der Waals surface area contributed by atoms with Crippen LogP contribution in [0.4, 0.5) is 0 Å². The van der Waals surface area contributed by atoms with Gasteiger partial charge in [-0.05, 0) is 37.5 Å². The van der Waals surface area contributed by atoms with Gasteiger partial charge in [0.2, 0.25) is 0 Å². The van der Waals surface area contributed by atoms with Crippen molar-refractivity contribution in [3.63, 3.8) is 0 Å². The highest BCUT2D eigenvalue weighted by atomic mass is 35.5. The van der Waals surface area contributed by atoms with Crippen molar-refractivity contribution in [2.45, 2.75) is 37.6 Å². The van der Waals surface area contributed by atoms with Crippen LogP contribution in [0.5, 0.6) is 0 Å². The number of halogens is 2. The van der Waals surface area contributed by atoms with E-state index in [4.69, 9.17) is 27.9 Å². The molecule has 1 N–H and O–H groups in total. The van der Waals surface area contributed by atoms with Crippen molar-refractivity contribution in [3.05, 3.63) is 33.8 Å². The maximum Gasteiger partial charge on any atom is 0.116 e. The Balaban J connectivity index is 2.01. The Morgan fingerprint density at radius 2 is 2.21 bits per heavy atom. The first-order valence-electron chi connectivity index (χ1n) is 6.26. The van der Waals surface area contributed by atoms with Crippen LogP contribution in [0.1, 0.15) is 30.9 Å². The van der Waals surface area contributed by atoms with Crippen molar-refractivity contribution in [1.82, 2.24) is 0 Å². The average molecular weight is 298 g/mol. The van der Waals surface area contributed by atoms with Crippen LogP contribution in [-0.2, 0) is 4.74 Å². The largest absolute Gasteiger partial charge is 0.387 e. The monoisotopic (exact) mass is 297 g/mol. The zero-order chi connectivity index (χ0) is 13.6. The first-order chi connectivity index (χ1) is 9.06. The molecule has 0 aromatic heterocycles. The number of hydrogen-bond acceptors (Lipinski definition) is 3. The molecule has 4 unspecified atom stereocenters. The van der Waals surface area contributed by atoms with Crippen LogP contribution in [-0.4, -0.2) is 17.3 Å². The first-order valence-corrected chi connectivity index (χ1v) is 7.02. The summed E-state index contributed by atoms with van der Waals surface area (Å²) in [4.78, 5) is 0. The SMILES string of the molecule is N#CC1(C(O)c2cc(Cl)ccc2Cl)CC2CCC1O2. The second kappa shape index (κ2) is 4.64. The van der Waals surface area contributed by atoms with Crippen molar-refractivity contribution < 1.29 is 9.84 Å². The van der Waals surface area contributed by atoms with Gasteiger partial charge in [-0.3, -0.25) is 0 Å². The van der Waals surface area contributed by atoms with Crippen LogP contribution in [0.25, 0.3) is 0 Å². The van der Waals surface area contributed by atoms with Gasteiger partial charge < -0.3 is 9.84 Å². The molecular weight excluding hydrogens is 285 g/mol. The smallest absolute Gasteiger partial charge is 0.116 e. The molecule has 2 bridgehead atoms. The standard InChI is InChI=1S/C14H13Cl2NO2/c15-8-1-3-11(16)10(5-8)13(18)14(7-17)6-9-2-4-12(14)19-9/h1,3,5,9,12-13,18H,2,4,6H2. The Hall–Kier alpha value is -0.790. The predicted octanol–water partition coefficient (Wildman–Crippen LogP) is 3.49. The van der Waals surface area contributed by atoms with Crippen molar-refractivity contribution in [1.29, 1.82) is 5.26 Å². The third-order valence-corrected chi connectivity index (χ3v) is 4.78. The number of aliphatic hydroxyl groups is 1. The zero-order valence-corrected chi connectivity index (χ0v) is 11.7. The molecule has 2 aliphatic heterocycles. The van der Waals surface area contributed by atoms with E-state index in [9.17, 15) is 10.4 Å². The summed E-state index contributed by atoms with van der Waals surface area (Å²) in [5.74, 6) is 0. The van der Waals surface area contributed by atoms with E-state index in [0.717, 1.165) is 12.8 Å². The van der Waals surface area contributed by atoms with E-state index < -0.39 is 11.5 Å². The van der Waals surface area contributed by atoms with Gasteiger partial charge >= 0.3 is 0 Å². The number of benzene rings is 1. The maximum absolute atomic E-state index is 10.7. The highest BCUT2D eigenvalue weighted by Crippen LogP contribution is 2.54. The van der Waals surface area contributed by atoms with Crippen LogP contribution >= 0.6 is 23.2 Å². The molecule has 0 amide bonds. The van der Waals surface area contributed by atoms with Gasteiger partial charge in [0.25, 0.3) is 0 Å². The van der Waals surface area contributed by atoms with Crippen molar-refractivity contribution in [2.75, 3.05) is 0 Å². The van der Waals surface area contributed by atoms with Gasteiger partial charge in [-0.25, -0.2) is 0 Å². The number of rotatable bonds is 2. The highest BCUT2D eigenvalue weighted by Gasteiger charge is 2.57. The van der Waals surface area contributed by atoms with Crippen LogP contribution in [0.2, 0.25) is 10.0 Å². The number of ether oxygens (including phenoxy) is 1. The Kier molecular flexibility index (Phi) is 3.23. The van der Waals surface area contributed by atoms with Gasteiger partial charge in [0.1, 0.15) is 11.5 Å². The number of nitrogens with zero attached hydrogens (tertiary/aromatic N) is 1. The van der Waals surface area contributed by atoms with Gasteiger partial charge in [0.15, 0.2) is 0 Å². The second-order valence-corrected chi connectivity index (χ2v) is 6.09. The molecule has 100 valence electrons. The van der Waals surface area contributed by atoms with Crippen LogP contribution in [0, 0.1) is 16.7 Å². The summed E-state index contributed by atoms with van der Waals surface area (Å²) in [6.07, 6.45) is 1.22. The van der Waals surface area contributed by atoms with Gasteiger partial charge in [-0.15, -0.1) is 0 Å². The molecule has 1 aromatic carbocycles. The Labute approximate surface area is 121 Å². The van der Waals surface area contributed by atoms with Crippen molar-refractivity contribution in [2.24, 2.45) is 5.41 Å². The molecule has 0 spiro atoms. The first kappa shape index (κ1) is 13.2. The van der Waals surface area contributed by atoms with E-state index in [2.05, 4.69) is 6.07 Å². The normalized spacial score (nSPS) is 34.2. The van der Waals surface area contributed by atoms with E-state index in [1.165, 1.54) is 0 Å². The molecule has 1 aromatic rings. The predicted molar refractivity (Wildman–Crippen MR) is 72.0 cm³/mol. The summed E-state index contributed by atoms with van der Waals surface area (Å²) in [5.41, 5.74) is -0.399. The lowest BCUT2D eigenvalue weighted by molar-refractivity contribution is 0.00347. The molecule has 2 saturated heterocycles.